The zero-order valence-corrected chi connectivity index (χ0v) is 15.5. The molecular formula is C18H18ClN5O3. The summed E-state index contributed by atoms with van der Waals surface area (Å²) < 4.78 is 1.40. The highest BCUT2D eigenvalue weighted by molar-refractivity contribution is 6.31. The van der Waals surface area contributed by atoms with Crippen molar-refractivity contribution in [3.63, 3.8) is 0 Å². The standard InChI is InChI=1S/C18H18ClN5O3/c1-10-3-12(13-6-21-24(8-13)9-16(25)17(26)27)5-14(4-10)23-18-20-7-15(19)11(2)22-18/h3-8,16,25H,9H2,1-2H3,(H,26,27)(H,20,22,23). The van der Waals surface area contributed by atoms with Gasteiger partial charge in [-0.1, -0.05) is 17.7 Å². The van der Waals surface area contributed by atoms with Crippen LogP contribution in [0.4, 0.5) is 11.6 Å². The molecule has 0 saturated carbocycles. The Kier molecular flexibility index (Phi) is 5.38. The van der Waals surface area contributed by atoms with E-state index in [1.54, 1.807) is 25.5 Å². The van der Waals surface area contributed by atoms with Gasteiger partial charge in [0.2, 0.25) is 5.95 Å². The number of anilines is 2. The molecule has 140 valence electrons. The fourth-order valence-electron chi connectivity index (χ4n) is 2.53. The molecule has 9 heteroatoms. The summed E-state index contributed by atoms with van der Waals surface area (Å²) in [5.74, 6) is -0.846. The number of rotatable bonds is 6. The highest BCUT2D eigenvalue weighted by Gasteiger charge is 2.15. The number of aliphatic carboxylic acids is 1. The van der Waals surface area contributed by atoms with E-state index in [0.717, 1.165) is 22.4 Å². The first-order valence-corrected chi connectivity index (χ1v) is 8.51. The minimum Gasteiger partial charge on any atom is -0.479 e. The molecule has 0 aliphatic rings. The number of nitrogens with zero attached hydrogens (tertiary/aromatic N) is 4. The van der Waals surface area contributed by atoms with Crippen LogP contribution in [0.25, 0.3) is 11.1 Å². The second-order valence-electron chi connectivity index (χ2n) is 6.14. The summed E-state index contributed by atoms with van der Waals surface area (Å²) >= 11 is 5.96. The van der Waals surface area contributed by atoms with Gasteiger partial charge in [0.1, 0.15) is 0 Å². The lowest BCUT2D eigenvalue weighted by Crippen LogP contribution is -2.25. The van der Waals surface area contributed by atoms with Crippen LogP contribution < -0.4 is 5.32 Å². The fraction of sp³-hybridized carbons (Fsp3) is 0.222. The van der Waals surface area contributed by atoms with Crippen molar-refractivity contribution >= 4 is 29.2 Å². The Morgan fingerprint density at radius 2 is 2.04 bits per heavy atom. The van der Waals surface area contributed by atoms with Crippen molar-refractivity contribution in [2.24, 2.45) is 0 Å². The third kappa shape index (κ3) is 4.60. The van der Waals surface area contributed by atoms with Gasteiger partial charge in [-0.15, -0.1) is 0 Å². The van der Waals surface area contributed by atoms with Gasteiger partial charge >= 0.3 is 5.97 Å². The normalized spacial score (nSPS) is 12.0. The Morgan fingerprint density at radius 1 is 1.26 bits per heavy atom. The largest absolute Gasteiger partial charge is 0.479 e. The number of hydrogen-bond donors (Lipinski definition) is 3. The first-order valence-electron chi connectivity index (χ1n) is 8.13. The lowest BCUT2D eigenvalue weighted by molar-refractivity contribution is -0.147. The average molecular weight is 388 g/mol. The van der Waals surface area contributed by atoms with Crippen molar-refractivity contribution in [2.75, 3.05) is 5.32 Å². The van der Waals surface area contributed by atoms with E-state index in [0.29, 0.717) is 16.7 Å². The van der Waals surface area contributed by atoms with Gasteiger partial charge in [0, 0.05) is 17.4 Å². The van der Waals surface area contributed by atoms with Crippen LogP contribution in [0.3, 0.4) is 0 Å². The van der Waals surface area contributed by atoms with E-state index in [2.05, 4.69) is 20.4 Å². The number of aryl methyl sites for hydroxylation is 2. The Morgan fingerprint density at radius 3 is 2.74 bits per heavy atom. The maximum atomic E-state index is 10.8. The fourth-order valence-corrected chi connectivity index (χ4v) is 2.62. The molecule has 2 aromatic heterocycles. The molecule has 0 fully saturated rings. The van der Waals surface area contributed by atoms with Crippen molar-refractivity contribution in [1.82, 2.24) is 19.7 Å². The highest BCUT2D eigenvalue weighted by Crippen LogP contribution is 2.26. The molecule has 0 spiro atoms. The molecular weight excluding hydrogens is 370 g/mol. The smallest absolute Gasteiger partial charge is 0.334 e. The Bertz CT molecular complexity index is 989. The molecule has 0 aliphatic carbocycles. The summed E-state index contributed by atoms with van der Waals surface area (Å²) in [7, 11) is 0. The third-order valence-corrected chi connectivity index (χ3v) is 4.24. The molecule has 3 aromatic rings. The van der Waals surface area contributed by atoms with Crippen LogP contribution in [-0.4, -0.2) is 42.0 Å². The van der Waals surface area contributed by atoms with Gasteiger partial charge in [-0.05, 0) is 37.1 Å². The van der Waals surface area contributed by atoms with Gasteiger partial charge in [-0.3, -0.25) is 4.68 Å². The number of nitrogens with one attached hydrogen (secondary N) is 1. The molecule has 0 radical (unpaired) electrons. The van der Waals surface area contributed by atoms with Crippen molar-refractivity contribution in [3.05, 3.63) is 53.1 Å². The van der Waals surface area contributed by atoms with Gasteiger partial charge in [0.05, 0.1) is 29.7 Å². The number of carboxylic acid groups (broad SMARTS) is 1. The maximum Gasteiger partial charge on any atom is 0.334 e. The zero-order chi connectivity index (χ0) is 19.6. The summed E-state index contributed by atoms with van der Waals surface area (Å²) in [6.45, 7) is 3.64. The van der Waals surface area contributed by atoms with Crippen LogP contribution >= 0.6 is 11.6 Å². The monoisotopic (exact) mass is 387 g/mol. The predicted octanol–water partition coefficient (Wildman–Crippen LogP) is 2.80. The van der Waals surface area contributed by atoms with Gasteiger partial charge in [0.25, 0.3) is 0 Å². The molecule has 1 atom stereocenters. The van der Waals surface area contributed by atoms with E-state index >= 15 is 0 Å². The Balaban J connectivity index is 1.84. The molecule has 0 bridgehead atoms. The third-order valence-electron chi connectivity index (χ3n) is 3.86. The van der Waals surface area contributed by atoms with E-state index < -0.39 is 12.1 Å². The maximum absolute atomic E-state index is 10.8. The van der Waals surface area contributed by atoms with Crippen molar-refractivity contribution < 1.29 is 15.0 Å². The minimum atomic E-state index is -1.50. The topological polar surface area (TPSA) is 113 Å². The SMILES string of the molecule is Cc1cc(Nc2ncc(Cl)c(C)n2)cc(-c2cnn(CC(O)C(=O)O)c2)c1. The Labute approximate surface area is 160 Å². The first kappa shape index (κ1) is 18.8. The number of benzene rings is 1. The number of halogens is 1. The van der Waals surface area contributed by atoms with Crippen molar-refractivity contribution in [3.8, 4) is 11.1 Å². The molecule has 27 heavy (non-hydrogen) atoms. The average Bonchev–Trinajstić information content (AvgIpc) is 3.06. The second kappa shape index (κ2) is 7.73. The number of aliphatic hydroxyl groups excluding tert-OH is 1. The van der Waals surface area contributed by atoms with Crippen LogP contribution in [0.2, 0.25) is 5.02 Å². The first-order chi connectivity index (χ1) is 12.8. The van der Waals surface area contributed by atoms with Crippen LogP contribution in [0, 0.1) is 13.8 Å². The van der Waals surface area contributed by atoms with Crippen molar-refractivity contribution in [1.29, 1.82) is 0 Å². The molecule has 3 rings (SSSR count). The van der Waals surface area contributed by atoms with Gasteiger partial charge < -0.3 is 15.5 Å². The summed E-state index contributed by atoms with van der Waals surface area (Å²) in [5, 5.41) is 26.0. The van der Waals surface area contributed by atoms with E-state index in [1.807, 2.05) is 25.1 Å². The molecule has 1 unspecified atom stereocenters. The number of aromatic nitrogens is 4. The predicted molar refractivity (Wildman–Crippen MR) is 101 cm³/mol. The molecule has 0 saturated heterocycles. The van der Waals surface area contributed by atoms with Crippen LogP contribution in [0.15, 0.2) is 36.8 Å². The van der Waals surface area contributed by atoms with E-state index in [9.17, 15) is 9.90 Å². The number of carbonyl (C=O) groups is 1. The minimum absolute atomic E-state index is 0.121. The van der Waals surface area contributed by atoms with E-state index in [4.69, 9.17) is 16.7 Å². The lowest BCUT2D eigenvalue weighted by atomic mass is 10.1. The van der Waals surface area contributed by atoms with Crippen LogP contribution in [0.5, 0.6) is 0 Å². The molecule has 0 amide bonds. The summed E-state index contributed by atoms with van der Waals surface area (Å²) in [4.78, 5) is 19.2. The summed E-state index contributed by atoms with van der Waals surface area (Å²) in [5.41, 5.74) is 4.18. The van der Waals surface area contributed by atoms with Gasteiger partial charge in [-0.2, -0.15) is 5.10 Å². The number of carboxylic acids is 1. The quantitative estimate of drug-likeness (QED) is 0.596. The molecule has 0 aliphatic heterocycles. The highest BCUT2D eigenvalue weighted by atomic mass is 35.5. The Hall–Kier alpha value is -2.97. The number of hydrogen-bond acceptors (Lipinski definition) is 6. The van der Waals surface area contributed by atoms with Crippen LogP contribution in [-0.2, 0) is 11.3 Å². The van der Waals surface area contributed by atoms with Crippen molar-refractivity contribution in [2.45, 2.75) is 26.5 Å². The zero-order valence-electron chi connectivity index (χ0n) is 14.7. The van der Waals surface area contributed by atoms with Gasteiger partial charge in [0.15, 0.2) is 6.10 Å². The van der Waals surface area contributed by atoms with E-state index in [-0.39, 0.29) is 6.54 Å². The molecule has 3 N–H and O–H groups in total. The molecule has 2 heterocycles. The van der Waals surface area contributed by atoms with Gasteiger partial charge in [-0.25, -0.2) is 14.8 Å². The summed E-state index contributed by atoms with van der Waals surface area (Å²) in [6, 6.07) is 5.85. The molecule has 1 aromatic carbocycles. The number of aliphatic hydroxyl groups is 1. The second-order valence-corrected chi connectivity index (χ2v) is 6.55. The molecule has 8 nitrogen and oxygen atoms in total. The van der Waals surface area contributed by atoms with E-state index in [1.165, 1.54) is 4.68 Å². The summed E-state index contributed by atoms with van der Waals surface area (Å²) in [6.07, 6.45) is 3.35. The van der Waals surface area contributed by atoms with Crippen LogP contribution in [0.1, 0.15) is 11.3 Å². The lowest BCUT2D eigenvalue weighted by Gasteiger charge is -2.09.